The molecule has 28 heavy (non-hydrogen) atoms. The largest absolute Gasteiger partial charge is 0.357 e. The van der Waals surface area contributed by atoms with Gasteiger partial charge in [-0.05, 0) is 34.5 Å². The molecule has 0 spiro atoms. The summed E-state index contributed by atoms with van der Waals surface area (Å²) in [4.78, 5) is 11.5. The van der Waals surface area contributed by atoms with Gasteiger partial charge >= 0.3 is 0 Å². The van der Waals surface area contributed by atoms with Crippen LogP contribution in [0.5, 0.6) is 0 Å². The van der Waals surface area contributed by atoms with Crippen LogP contribution in [0.1, 0.15) is 24.0 Å². The molecule has 7 heteroatoms. The lowest BCUT2D eigenvalue weighted by molar-refractivity contribution is 0.461. The highest BCUT2D eigenvalue weighted by molar-refractivity contribution is 9.10. The Morgan fingerprint density at radius 3 is 2.75 bits per heavy atom. The second kappa shape index (κ2) is 9.59. The summed E-state index contributed by atoms with van der Waals surface area (Å²) in [5, 5.41) is 3.38. The van der Waals surface area contributed by atoms with Gasteiger partial charge in [0.15, 0.2) is 5.96 Å². The van der Waals surface area contributed by atoms with E-state index in [0.29, 0.717) is 6.54 Å². The number of aryl methyl sites for hydroxylation is 1. The Bertz CT molecular complexity index is 912. The number of imidazole rings is 1. The lowest BCUT2D eigenvalue weighted by atomic mass is 10.2. The summed E-state index contributed by atoms with van der Waals surface area (Å²) in [7, 11) is 4.11. The highest BCUT2D eigenvalue weighted by atomic mass is 79.9. The number of hydrogen-bond acceptors (Lipinski definition) is 2. The molecule has 0 amide bonds. The van der Waals surface area contributed by atoms with Crippen molar-refractivity contribution in [2.24, 2.45) is 12.0 Å². The van der Waals surface area contributed by atoms with E-state index >= 15 is 0 Å². The van der Waals surface area contributed by atoms with Crippen LogP contribution in [0.25, 0.3) is 0 Å². The van der Waals surface area contributed by atoms with Crippen molar-refractivity contribution in [3.8, 4) is 0 Å². The fourth-order valence-corrected chi connectivity index (χ4v) is 3.64. The van der Waals surface area contributed by atoms with E-state index in [1.54, 1.807) is 0 Å². The van der Waals surface area contributed by atoms with Crippen LogP contribution in [0.3, 0.4) is 0 Å². The van der Waals surface area contributed by atoms with Gasteiger partial charge in [-0.1, -0.05) is 30.3 Å². The molecule has 0 bridgehead atoms. The summed E-state index contributed by atoms with van der Waals surface area (Å²) in [6.45, 7) is 5.00. The van der Waals surface area contributed by atoms with Crippen molar-refractivity contribution in [3.05, 3.63) is 76.5 Å². The van der Waals surface area contributed by atoms with Crippen LogP contribution in [-0.2, 0) is 26.7 Å². The number of rotatable bonds is 7. The molecule has 1 aromatic carbocycles. The van der Waals surface area contributed by atoms with Gasteiger partial charge in [0.25, 0.3) is 0 Å². The molecule has 0 fully saturated rings. The van der Waals surface area contributed by atoms with Gasteiger partial charge in [-0.15, -0.1) is 0 Å². The molecule has 6 nitrogen and oxygen atoms in total. The predicted octanol–water partition coefficient (Wildman–Crippen LogP) is 3.63. The number of guanidine groups is 1. The molecule has 0 saturated carbocycles. The maximum atomic E-state index is 4.82. The average molecular weight is 443 g/mol. The number of hydrogen-bond donors (Lipinski definition) is 1. The molecule has 2 aromatic heterocycles. The maximum Gasteiger partial charge on any atom is 0.194 e. The van der Waals surface area contributed by atoms with Crippen molar-refractivity contribution in [2.75, 3.05) is 13.6 Å². The van der Waals surface area contributed by atoms with Crippen molar-refractivity contribution in [1.82, 2.24) is 24.3 Å². The molecule has 0 aliphatic heterocycles. The smallest absolute Gasteiger partial charge is 0.194 e. The summed E-state index contributed by atoms with van der Waals surface area (Å²) in [6.07, 6.45) is 5.91. The van der Waals surface area contributed by atoms with Crippen LogP contribution in [0.15, 0.2) is 64.5 Å². The Labute approximate surface area is 175 Å². The lowest BCUT2D eigenvalue weighted by Gasteiger charge is -2.22. The third kappa shape index (κ3) is 5.25. The number of nitrogens with one attached hydrogen (secondary N) is 1. The molecule has 0 radical (unpaired) electrons. The molecule has 0 aliphatic rings. The monoisotopic (exact) mass is 442 g/mol. The first kappa shape index (κ1) is 20.2. The Morgan fingerprint density at radius 2 is 2.07 bits per heavy atom. The van der Waals surface area contributed by atoms with Crippen molar-refractivity contribution in [3.63, 3.8) is 0 Å². The van der Waals surface area contributed by atoms with Gasteiger partial charge in [-0.3, -0.25) is 0 Å². The van der Waals surface area contributed by atoms with Gasteiger partial charge in [0.2, 0.25) is 0 Å². The van der Waals surface area contributed by atoms with Crippen molar-refractivity contribution >= 4 is 21.9 Å². The second-order valence-electron chi connectivity index (χ2n) is 6.74. The molecule has 0 atom stereocenters. The summed E-state index contributed by atoms with van der Waals surface area (Å²) in [5.74, 6) is 1.82. The van der Waals surface area contributed by atoms with Gasteiger partial charge in [0, 0.05) is 55.9 Å². The third-order valence-corrected chi connectivity index (χ3v) is 4.97. The number of nitrogens with zero attached hydrogens (tertiary/aromatic N) is 5. The highest BCUT2D eigenvalue weighted by Crippen LogP contribution is 2.15. The minimum absolute atomic E-state index is 0.531. The molecule has 3 aromatic rings. The van der Waals surface area contributed by atoms with Crippen LogP contribution in [0.4, 0.5) is 0 Å². The SMILES string of the molecule is CCNC(=NCc1nccn1Cc1ccccc1)N(C)Cc1cc(Br)cn1C. The average Bonchev–Trinajstić information content (AvgIpc) is 3.25. The first-order valence-electron chi connectivity index (χ1n) is 9.41. The third-order valence-electron chi connectivity index (χ3n) is 4.54. The Balaban J connectivity index is 1.71. The fraction of sp³-hybridized carbons (Fsp3) is 0.333. The Hall–Kier alpha value is -2.54. The maximum absolute atomic E-state index is 4.82. The number of benzene rings is 1. The van der Waals surface area contributed by atoms with Crippen molar-refractivity contribution in [1.29, 1.82) is 0 Å². The molecule has 148 valence electrons. The summed E-state index contributed by atoms with van der Waals surface area (Å²) in [6, 6.07) is 12.5. The number of aliphatic imine (C=N–C) groups is 1. The fourth-order valence-electron chi connectivity index (χ4n) is 3.07. The summed E-state index contributed by atoms with van der Waals surface area (Å²) in [5.41, 5.74) is 2.47. The summed E-state index contributed by atoms with van der Waals surface area (Å²) >= 11 is 3.54. The van der Waals surface area contributed by atoms with Crippen LogP contribution in [0, 0.1) is 0 Å². The molecule has 2 heterocycles. The molecule has 3 rings (SSSR count). The number of halogens is 1. The van der Waals surface area contributed by atoms with Gasteiger partial charge in [0.05, 0.1) is 6.54 Å². The zero-order chi connectivity index (χ0) is 19.9. The summed E-state index contributed by atoms with van der Waals surface area (Å²) < 4.78 is 5.36. The van der Waals surface area contributed by atoms with E-state index in [-0.39, 0.29) is 0 Å². The van der Waals surface area contributed by atoms with Crippen LogP contribution in [-0.4, -0.2) is 38.6 Å². The minimum Gasteiger partial charge on any atom is -0.357 e. The van der Waals surface area contributed by atoms with E-state index in [2.05, 4.69) is 97.8 Å². The van der Waals surface area contributed by atoms with Crippen molar-refractivity contribution < 1.29 is 0 Å². The van der Waals surface area contributed by atoms with Crippen LogP contribution < -0.4 is 5.32 Å². The van der Waals surface area contributed by atoms with E-state index in [4.69, 9.17) is 4.99 Å². The van der Waals surface area contributed by atoms with E-state index in [9.17, 15) is 0 Å². The highest BCUT2D eigenvalue weighted by Gasteiger charge is 2.11. The lowest BCUT2D eigenvalue weighted by Crippen LogP contribution is -2.38. The van der Waals surface area contributed by atoms with E-state index in [1.807, 2.05) is 18.5 Å². The molecule has 1 N–H and O–H groups in total. The molecule has 0 unspecified atom stereocenters. The quantitative estimate of drug-likeness (QED) is 0.448. The molecular weight excluding hydrogens is 416 g/mol. The Kier molecular flexibility index (Phi) is 6.92. The zero-order valence-corrected chi connectivity index (χ0v) is 18.2. The second-order valence-corrected chi connectivity index (χ2v) is 7.66. The first-order chi connectivity index (χ1) is 13.6. The van der Waals surface area contributed by atoms with Crippen LogP contribution in [0.2, 0.25) is 0 Å². The topological polar surface area (TPSA) is 50.4 Å². The van der Waals surface area contributed by atoms with E-state index in [0.717, 1.165) is 35.9 Å². The minimum atomic E-state index is 0.531. The van der Waals surface area contributed by atoms with E-state index in [1.165, 1.54) is 11.3 Å². The number of aromatic nitrogens is 3. The molecule has 0 saturated heterocycles. The Morgan fingerprint density at radius 1 is 1.29 bits per heavy atom. The predicted molar refractivity (Wildman–Crippen MR) is 117 cm³/mol. The van der Waals surface area contributed by atoms with Gasteiger partial charge < -0.3 is 19.4 Å². The molecule has 0 aliphatic carbocycles. The van der Waals surface area contributed by atoms with Crippen molar-refractivity contribution in [2.45, 2.75) is 26.6 Å². The van der Waals surface area contributed by atoms with Gasteiger partial charge in [-0.25, -0.2) is 9.98 Å². The van der Waals surface area contributed by atoms with Gasteiger partial charge in [0.1, 0.15) is 12.4 Å². The zero-order valence-electron chi connectivity index (χ0n) is 16.6. The molecular formula is C21H27BrN6. The van der Waals surface area contributed by atoms with E-state index < -0.39 is 0 Å². The standard InChI is InChI=1S/C21H27BrN6/c1-4-23-21(27(3)16-19-12-18(22)15-26(19)2)25-13-20-24-10-11-28(20)14-17-8-6-5-7-9-17/h5-12,15H,4,13-14,16H2,1-3H3,(H,23,25). The normalized spacial score (nSPS) is 11.6. The van der Waals surface area contributed by atoms with Crippen LogP contribution >= 0.6 is 15.9 Å². The first-order valence-corrected chi connectivity index (χ1v) is 10.2. The van der Waals surface area contributed by atoms with Gasteiger partial charge in [-0.2, -0.15) is 0 Å².